The fourth-order valence-corrected chi connectivity index (χ4v) is 2.75. The molecule has 1 atom stereocenters. The summed E-state index contributed by atoms with van der Waals surface area (Å²) in [6, 6.07) is 7.99. The number of nitrogens with zero attached hydrogens (tertiary/aromatic N) is 2. The third-order valence-corrected chi connectivity index (χ3v) is 4.08. The third-order valence-electron chi connectivity index (χ3n) is 4.08. The first-order valence-electron chi connectivity index (χ1n) is 7.13. The van der Waals surface area contributed by atoms with Gasteiger partial charge in [-0.1, -0.05) is 24.3 Å². The Balaban J connectivity index is 2.29. The Morgan fingerprint density at radius 2 is 2.05 bits per heavy atom. The van der Waals surface area contributed by atoms with Gasteiger partial charge in [0.2, 0.25) is 11.8 Å². The molecule has 4 nitrogen and oxygen atoms in total. The Morgan fingerprint density at radius 3 is 2.70 bits per heavy atom. The molecule has 1 aromatic carbocycles. The summed E-state index contributed by atoms with van der Waals surface area (Å²) in [4.78, 5) is 27.6. The van der Waals surface area contributed by atoms with Crippen LogP contribution in [-0.4, -0.2) is 41.8 Å². The average molecular weight is 274 g/mol. The molecule has 0 fully saturated rings. The van der Waals surface area contributed by atoms with Crippen LogP contribution in [-0.2, 0) is 16.0 Å². The summed E-state index contributed by atoms with van der Waals surface area (Å²) >= 11 is 0. The van der Waals surface area contributed by atoms with Crippen LogP contribution in [0.4, 0.5) is 0 Å². The number of carbonyl (C=O) groups is 2. The molecule has 0 bridgehead atoms. The first kappa shape index (κ1) is 14.6. The molecule has 108 valence electrons. The van der Waals surface area contributed by atoms with E-state index in [0.717, 1.165) is 12.0 Å². The standard InChI is InChI=1S/C16H22N2O2/c1-4-17(3)16(20)11-15-14-8-6-5-7-13(14)9-10-18(15)12(2)19/h5-8,15H,4,9-11H2,1-3H3. The molecule has 0 radical (unpaired) electrons. The monoisotopic (exact) mass is 274 g/mol. The molecule has 0 saturated carbocycles. The van der Waals surface area contributed by atoms with Crippen molar-refractivity contribution in [3.8, 4) is 0 Å². The van der Waals surface area contributed by atoms with E-state index in [4.69, 9.17) is 0 Å². The Kier molecular flexibility index (Phi) is 4.42. The van der Waals surface area contributed by atoms with E-state index >= 15 is 0 Å². The van der Waals surface area contributed by atoms with Gasteiger partial charge in [-0.3, -0.25) is 9.59 Å². The summed E-state index contributed by atoms with van der Waals surface area (Å²) in [6.45, 7) is 4.91. The minimum atomic E-state index is -0.126. The zero-order valence-corrected chi connectivity index (χ0v) is 12.4. The van der Waals surface area contributed by atoms with Crippen molar-refractivity contribution < 1.29 is 9.59 Å². The van der Waals surface area contributed by atoms with Crippen LogP contribution in [0.5, 0.6) is 0 Å². The number of amides is 2. The van der Waals surface area contributed by atoms with E-state index in [0.29, 0.717) is 19.5 Å². The summed E-state index contributed by atoms with van der Waals surface area (Å²) in [5, 5.41) is 0. The molecule has 1 unspecified atom stereocenters. The zero-order valence-electron chi connectivity index (χ0n) is 12.4. The maximum absolute atomic E-state index is 12.2. The van der Waals surface area contributed by atoms with Crippen LogP contribution < -0.4 is 0 Å². The van der Waals surface area contributed by atoms with E-state index in [1.165, 1.54) is 5.56 Å². The largest absolute Gasteiger partial charge is 0.346 e. The average Bonchev–Trinajstić information content (AvgIpc) is 2.46. The van der Waals surface area contributed by atoms with Gasteiger partial charge in [0.05, 0.1) is 12.5 Å². The predicted molar refractivity (Wildman–Crippen MR) is 78.2 cm³/mol. The van der Waals surface area contributed by atoms with Gasteiger partial charge in [-0.05, 0) is 24.5 Å². The molecular weight excluding hydrogens is 252 g/mol. The van der Waals surface area contributed by atoms with Crippen molar-refractivity contribution >= 4 is 11.8 Å². The second kappa shape index (κ2) is 6.07. The fourth-order valence-electron chi connectivity index (χ4n) is 2.75. The number of hydrogen-bond donors (Lipinski definition) is 0. The van der Waals surface area contributed by atoms with Crippen molar-refractivity contribution in [2.45, 2.75) is 32.7 Å². The smallest absolute Gasteiger partial charge is 0.224 e. The molecule has 1 aromatic rings. The quantitative estimate of drug-likeness (QED) is 0.846. The van der Waals surface area contributed by atoms with Gasteiger partial charge < -0.3 is 9.80 Å². The molecule has 1 heterocycles. The highest BCUT2D eigenvalue weighted by Crippen LogP contribution is 2.32. The highest BCUT2D eigenvalue weighted by molar-refractivity contribution is 5.79. The van der Waals surface area contributed by atoms with Gasteiger partial charge in [-0.15, -0.1) is 0 Å². The fraction of sp³-hybridized carbons (Fsp3) is 0.500. The molecule has 20 heavy (non-hydrogen) atoms. The van der Waals surface area contributed by atoms with Crippen LogP contribution in [0.3, 0.4) is 0 Å². The van der Waals surface area contributed by atoms with Gasteiger partial charge in [0.1, 0.15) is 0 Å². The molecular formula is C16H22N2O2. The van der Waals surface area contributed by atoms with Crippen molar-refractivity contribution in [2.75, 3.05) is 20.1 Å². The maximum atomic E-state index is 12.2. The van der Waals surface area contributed by atoms with Gasteiger partial charge in [0.15, 0.2) is 0 Å². The molecule has 0 N–H and O–H groups in total. The van der Waals surface area contributed by atoms with Crippen molar-refractivity contribution in [2.24, 2.45) is 0 Å². The zero-order chi connectivity index (χ0) is 14.7. The summed E-state index contributed by atoms with van der Waals surface area (Å²) < 4.78 is 0. The number of rotatable bonds is 3. The highest BCUT2D eigenvalue weighted by atomic mass is 16.2. The van der Waals surface area contributed by atoms with E-state index < -0.39 is 0 Å². The lowest BCUT2D eigenvalue weighted by atomic mass is 9.90. The van der Waals surface area contributed by atoms with Crippen molar-refractivity contribution in [3.05, 3.63) is 35.4 Å². The third kappa shape index (κ3) is 2.84. The summed E-state index contributed by atoms with van der Waals surface area (Å²) in [7, 11) is 1.80. The van der Waals surface area contributed by atoms with Crippen LogP contribution in [0.25, 0.3) is 0 Å². The molecule has 4 heteroatoms. The minimum absolute atomic E-state index is 0.0384. The number of hydrogen-bond acceptors (Lipinski definition) is 2. The van der Waals surface area contributed by atoms with E-state index in [1.807, 2.05) is 30.0 Å². The van der Waals surface area contributed by atoms with E-state index in [-0.39, 0.29) is 17.9 Å². The predicted octanol–water partition coefficient (Wildman–Crippen LogP) is 2.00. The van der Waals surface area contributed by atoms with E-state index in [9.17, 15) is 9.59 Å². The first-order chi connectivity index (χ1) is 9.54. The van der Waals surface area contributed by atoms with Crippen molar-refractivity contribution in [3.63, 3.8) is 0 Å². The molecule has 0 spiro atoms. The van der Waals surface area contributed by atoms with Gasteiger partial charge >= 0.3 is 0 Å². The lowest BCUT2D eigenvalue weighted by Gasteiger charge is -2.37. The Morgan fingerprint density at radius 1 is 1.35 bits per heavy atom. The second-order valence-electron chi connectivity index (χ2n) is 5.29. The molecule has 0 saturated heterocycles. The molecule has 0 aromatic heterocycles. The van der Waals surface area contributed by atoms with Gasteiger partial charge in [-0.25, -0.2) is 0 Å². The van der Waals surface area contributed by atoms with Crippen LogP contribution >= 0.6 is 0 Å². The number of benzene rings is 1. The molecule has 0 aliphatic carbocycles. The Labute approximate surface area is 120 Å². The van der Waals surface area contributed by atoms with Crippen molar-refractivity contribution in [1.82, 2.24) is 9.80 Å². The van der Waals surface area contributed by atoms with E-state index in [1.54, 1.807) is 18.9 Å². The summed E-state index contributed by atoms with van der Waals surface area (Å²) in [6.07, 6.45) is 1.23. The minimum Gasteiger partial charge on any atom is -0.346 e. The molecule has 2 rings (SSSR count). The first-order valence-corrected chi connectivity index (χ1v) is 7.13. The molecule has 1 aliphatic rings. The lowest BCUT2D eigenvalue weighted by Crippen LogP contribution is -2.41. The topological polar surface area (TPSA) is 40.6 Å². The molecule has 1 aliphatic heterocycles. The van der Waals surface area contributed by atoms with Gasteiger partial charge in [0.25, 0.3) is 0 Å². The Bertz CT molecular complexity index is 513. The van der Waals surface area contributed by atoms with Crippen LogP contribution in [0, 0.1) is 0 Å². The van der Waals surface area contributed by atoms with Gasteiger partial charge in [-0.2, -0.15) is 0 Å². The lowest BCUT2D eigenvalue weighted by molar-refractivity contribution is -0.135. The van der Waals surface area contributed by atoms with Crippen LogP contribution in [0.15, 0.2) is 24.3 Å². The van der Waals surface area contributed by atoms with E-state index in [2.05, 4.69) is 6.07 Å². The van der Waals surface area contributed by atoms with Crippen LogP contribution in [0.2, 0.25) is 0 Å². The SMILES string of the molecule is CCN(C)C(=O)CC1c2ccccc2CCN1C(C)=O. The normalized spacial score (nSPS) is 17.6. The highest BCUT2D eigenvalue weighted by Gasteiger charge is 2.31. The second-order valence-corrected chi connectivity index (χ2v) is 5.29. The maximum Gasteiger partial charge on any atom is 0.224 e. The van der Waals surface area contributed by atoms with Crippen LogP contribution in [0.1, 0.15) is 37.4 Å². The van der Waals surface area contributed by atoms with Gasteiger partial charge in [0, 0.05) is 27.1 Å². The summed E-state index contributed by atoms with van der Waals surface area (Å²) in [5.41, 5.74) is 2.37. The number of carbonyl (C=O) groups excluding carboxylic acids is 2. The summed E-state index contributed by atoms with van der Waals surface area (Å²) in [5.74, 6) is 0.122. The molecule has 2 amide bonds. The number of fused-ring (bicyclic) bond motifs is 1. The Hall–Kier alpha value is -1.84. The van der Waals surface area contributed by atoms with Crippen molar-refractivity contribution in [1.29, 1.82) is 0 Å².